The van der Waals surface area contributed by atoms with Crippen molar-refractivity contribution in [3.8, 4) is 0 Å². The number of hydrogen-bond acceptors (Lipinski definition) is 1. The first-order valence-corrected chi connectivity index (χ1v) is 3.70. The van der Waals surface area contributed by atoms with E-state index in [9.17, 15) is 17.6 Å². The van der Waals surface area contributed by atoms with Crippen LogP contribution in [-0.4, -0.2) is 9.97 Å². The minimum atomic E-state index is -2.78. The Morgan fingerprint density at radius 1 is 1.14 bits per heavy atom. The van der Waals surface area contributed by atoms with Gasteiger partial charge in [-0.05, 0) is 0 Å². The Morgan fingerprint density at radius 2 is 1.79 bits per heavy atom. The number of fused-ring (bicyclic) bond motifs is 1. The number of aromatic amines is 1. The van der Waals surface area contributed by atoms with Crippen LogP contribution in [0.2, 0.25) is 0 Å². The molecule has 14 heavy (non-hydrogen) atoms. The predicted molar refractivity (Wildman–Crippen MR) is 41.0 cm³/mol. The molecule has 0 fully saturated rings. The van der Waals surface area contributed by atoms with Crippen LogP contribution in [0.5, 0.6) is 0 Å². The van der Waals surface area contributed by atoms with Gasteiger partial charge >= 0.3 is 0 Å². The summed E-state index contributed by atoms with van der Waals surface area (Å²) in [5, 5.41) is 0. The Hall–Kier alpha value is -1.59. The van der Waals surface area contributed by atoms with E-state index in [1.807, 2.05) is 0 Å². The summed E-state index contributed by atoms with van der Waals surface area (Å²) >= 11 is 0. The molecule has 1 aromatic carbocycles. The van der Waals surface area contributed by atoms with Crippen molar-refractivity contribution in [3.05, 3.63) is 29.6 Å². The van der Waals surface area contributed by atoms with Crippen molar-refractivity contribution in [3.63, 3.8) is 0 Å². The van der Waals surface area contributed by atoms with Gasteiger partial charge in [0.15, 0.2) is 17.5 Å². The van der Waals surface area contributed by atoms with Crippen molar-refractivity contribution in [1.82, 2.24) is 9.97 Å². The molecule has 0 saturated carbocycles. The molecule has 0 aliphatic heterocycles. The van der Waals surface area contributed by atoms with E-state index in [0.717, 1.165) is 12.1 Å². The van der Waals surface area contributed by atoms with Crippen LogP contribution in [0.1, 0.15) is 12.2 Å². The van der Waals surface area contributed by atoms with E-state index in [0.29, 0.717) is 0 Å². The van der Waals surface area contributed by atoms with Crippen molar-refractivity contribution in [2.24, 2.45) is 0 Å². The van der Waals surface area contributed by atoms with E-state index in [2.05, 4.69) is 9.97 Å². The molecule has 0 saturated heterocycles. The summed E-state index contributed by atoms with van der Waals surface area (Å²) in [6.07, 6.45) is -2.78. The lowest BCUT2D eigenvalue weighted by atomic mass is 10.3. The van der Waals surface area contributed by atoms with Crippen LogP contribution in [0.25, 0.3) is 11.0 Å². The molecular weight excluding hydrogens is 200 g/mol. The van der Waals surface area contributed by atoms with E-state index in [-0.39, 0.29) is 11.0 Å². The van der Waals surface area contributed by atoms with E-state index in [1.165, 1.54) is 0 Å². The van der Waals surface area contributed by atoms with Gasteiger partial charge < -0.3 is 4.98 Å². The molecule has 2 nitrogen and oxygen atoms in total. The monoisotopic (exact) mass is 204 g/mol. The summed E-state index contributed by atoms with van der Waals surface area (Å²) in [7, 11) is 0. The first-order valence-electron chi connectivity index (χ1n) is 3.70. The number of nitrogens with zero attached hydrogens (tertiary/aromatic N) is 1. The van der Waals surface area contributed by atoms with E-state index in [1.54, 1.807) is 0 Å². The highest BCUT2D eigenvalue weighted by Crippen LogP contribution is 2.21. The molecule has 0 radical (unpaired) electrons. The molecule has 0 amide bonds. The summed E-state index contributed by atoms with van der Waals surface area (Å²) in [5.41, 5.74) is 0.0402. The molecule has 1 N–H and O–H groups in total. The van der Waals surface area contributed by atoms with Gasteiger partial charge in [0.25, 0.3) is 6.43 Å². The topological polar surface area (TPSA) is 28.7 Å². The second-order valence-corrected chi connectivity index (χ2v) is 2.71. The van der Waals surface area contributed by atoms with Crippen LogP contribution < -0.4 is 0 Å². The zero-order valence-corrected chi connectivity index (χ0v) is 6.69. The van der Waals surface area contributed by atoms with Gasteiger partial charge in [-0.25, -0.2) is 22.5 Å². The maximum atomic E-state index is 12.6. The van der Waals surface area contributed by atoms with Gasteiger partial charge in [-0.3, -0.25) is 0 Å². The molecule has 1 heterocycles. The summed E-state index contributed by atoms with van der Waals surface area (Å²) in [4.78, 5) is 5.60. The standard InChI is InChI=1S/C8H4F4N2/c9-3-1-5-6(2-4(3)10)14-8(13-5)7(11)12/h1-2,7H,(H,13,14). The van der Waals surface area contributed by atoms with Gasteiger partial charge in [-0.15, -0.1) is 0 Å². The molecule has 2 aromatic rings. The lowest BCUT2D eigenvalue weighted by molar-refractivity contribution is 0.142. The molecule has 6 heteroatoms. The third-order valence-corrected chi connectivity index (χ3v) is 1.75. The Labute approximate surface area is 75.6 Å². The van der Waals surface area contributed by atoms with E-state index < -0.39 is 23.9 Å². The number of halogens is 4. The highest BCUT2D eigenvalue weighted by atomic mass is 19.3. The van der Waals surface area contributed by atoms with E-state index in [4.69, 9.17) is 0 Å². The van der Waals surface area contributed by atoms with Crippen molar-refractivity contribution < 1.29 is 17.6 Å². The summed E-state index contributed by atoms with van der Waals surface area (Å²) in [6.45, 7) is 0. The summed E-state index contributed by atoms with van der Waals surface area (Å²) < 4.78 is 49.5. The number of aromatic nitrogens is 2. The summed E-state index contributed by atoms with van der Waals surface area (Å²) in [5.74, 6) is -2.79. The highest BCUT2D eigenvalue weighted by molar-refractivity contribution is 5.75. The molecule has 0 unspecified atom stereocenters. The average molecular weight is 204 g/mol. The smallest absolute Gasteiger partial charge is 0.295 e. The van der Waals surface area contributed by atoms with Gasteiger partial charge in [0.1, 0.15) is 0 Å². The fourth-order valence-electron chi connectivity index (χ4n) is 1.13. The first-order chi connectivity index (χ1) is 6.58. The highest BCUT2D eigenvalue weighted by Gasteiger charge is 2.14. The lowest BCUT2D eigenvalue weighted by Gasteiger charge is -1.90. The van der Waals surface area contributed by atoms with Crippen LogP contribution in [0.3, 0.4) is 0 Å². The fraction of sp³-hybridized carbons (Fsp3) is 0.125. The largest absolute Gasteiger partial charge is 0.337 e. The van der Waals surface area contributed by atoms with Gasteiger partial charge in [0.2, 0.25) is 0 Å². The first kappa shape index (κ1) is 8.98. The minimum absolute atomic E-state index is 0.0146. The Balaban J connectivity index is 2.66. The molecule has 1 aromatic heterocycles. The maximum absolute atomic E-state index is 12.6. The number of alkyl halides is 2. The summed E-state index contributed by atoms with van der Waals surface area (Å²) in [6, 6.07) is 1.57. The normalized spacial score (nSPS) is 11.5. The van der Waals surface area contributed by atoms with Crippen molar-refractivity contribution in [2.45, 2.75) is 6.43 Å². The van der Waals surface area contributed by atoms with Gasteiger partial charge in [-0.1, -0.05) is 0 Å². The van der Waals surface area contributed by atoms with Gasteiger partial charge in [0, 0.05) is 12.1 Å². The number of imidazole rings is 1. The van der Waals surface area contributed by atoms with Crippen molar-refractivity contribution in [2.75, 3.05) is 0 Å². The average Bonchev–Trinajstić information content (AvgIpc) is 2.48. The predicted octanol–water partition coefficient (Wildman–Crippen LogP) is 2.78. The second-order valence-electron chi connectivity index (χ2n) is 2.71. The van der Waals surface area contributed by atoms with Crippen LogP contribution >= 0.6 is 0 Å². The van der Waals surface area contributed by atoms with Crippen LogP contribution in [-0.2, 0) is 0 Å². The number of rotatable bonds is 1. The second kappa shape index (κ2) is 2.97. The Bertz CT molecular complexity index is 438. The zero-order valence-electron chi connectivity index (χ0n) is 6.69. The van der Waals surface area contributed by atoms with Crippen LogP contribution in [0.15, 0.2) is 12.1 Å². The van der Waals surface area contributed by atoms with Gasteiger partial charge in [-0.2, -0.15) is 0 Å². The Morgan fingerprint density at radius 3 is 2.43 bits per heavy atom. The number of H-pyrrole nitrogens is 1. The van der Waals surface area contributed by atoms with E-state index >= 15 is 0 Å². The van der Waals surface area contributed by atoms with Crippen molar-refractivity contribution in [1.29, 1.82) is 0 Å². The molecule has 0 bridgehead atoms. The molecule has 0 atom stereocenters. The maximum Gasteiger partial charge on any atom is 0.295 e. The lowest BCUT2D eigenvalue weighted by Crippen LogP contribution is -1.84. The molecule has 0 aliphatic rings. The number of nitrogens with one attached hydrogen (secondary N) is 1. The molecule has 0 aliphatic carbocycles. The SMILES string of the molecule is Fc1cc2nc(C(F)F)[nH]c2cc1F. The molecule has 74 valence electrons. The van der Waals surface area contributed by atoms with Crippen molar-refractivity contribution >= 4 is 11.0 Å². The molecule has 0 spiro atoms. The number of hydrogen-bond donors (Lipinski definition) is 1. The fourth-order valence-corrected chi connectivity index (χ4v) is 1.13. The van der Waals surface area contributed by atoms with Crippen LogP contribution in [0, 0.1) is 11.6 Å². The quantitative estimate of drug-likeness (QED) is 0.711. The third-order valence-electron chi connectivity index (χ3n) is 1.75. The molecule has 2 rings (SSSR count). The minimum Gasteiger partial charge on any atom is -0.337 e. The molecular formula is C8H4F4N2. The third kappa shape index (κ3) is 1.32. The van der Waals surface area contributed by atoms with Crippen LogP contribution in [0.4, 0.5) is 17.6 Å². The zero-order chi connectivity index (χ0) is 10.3. The Kier molecular flexibility index (Phi) is 1.90. The van der Waals surface area contributed by atoms with Gasteiger partial charge in [0.05, 0.1) is 11.0 Å². The number of benzene rings is 1.